The maximum absolute atomic E-state index is 12.5. The largest absolute Gasteiger partial charge is 0.475 e. The van der Waals surface area contributed by atoms with Crippen LogP contribution in [0.25, 0.3) is 11.0 Å². The van der Waals surface area contributed by atoms with Crippen LogP contribution in [0.5, 0.6) is 0 Å². The van der Waals surface area contributed by atoms with Gasteiger partial charge in [0.25, 0.3) is 0 Å². The lowest BCUT2D eigenvalue weighted by molar-refractivity contribution is 0.0664. The standard InChI is InChI=1S/C14H12Br2O4/c1-2-14(16,7-15)12(17)8-3-4-10-9(5-8)6-11(20-10)13(18)19/h3-6H,2,7H2,1H3,(H,18,19). The second kappa shape index (κ2) is 5.69. The van der Waals surface area contributed by atoms with E-state index >= 15 is 0 Å². The molecule has 2 aromatic rings. The van der Waals surface area contributed by atoms with Gasteiger partial charge >= 0.3 is 5.97 Å². The highest BCUT2D eigenvalue weighted by Crippen LogP contribution is 2.31. The Morgan fingerprint density at radius 2 is 2.05 bits per heavy atom. The molecule has 0 aliphatic heterocycles. The molecule has 1 atom stereocenters. The zero-order chi connectivity index (χ0) is 14.9. The van der Waals surface area contributed by atoms with Crippen molar-refractivity contribution >= 4 is 54.6 Å². The fraction of sp³-hybridized carbons (Fsp3) is 0.286. The summed E-state index contributed by atoms with van der Waals surface area (Å²) in [5.74, 6) is -1.31. The first-order valence-corrected chi connectivity index (χ1v) is 7.89. The minimum absolute atomic E-state index is 0.0446. The number of Topliss-reactive ketones (excluding diaryl/α,β-unsaturated/α-hetero) is 1. The normalized spacial score (nSPS) is 14.2. The van der Waals surface area contributed by atoms with E-state index in [4.69, 9.17) is 9.52 Å². The van der Waals surface area contributed by atoms with Gasteiger partial charge in [0.2, 0.25) is 5.76 Å². The summed E-state index contributed by atoms with van der Waals surface area (Å²) in [6.45, 7) is 1.92. The third-order valence-corrected chi connectivity index (χ3v) is 6.08. The number of hydrogen-bond donors (Lipinski definition) is 1. The van der Waals surface area contributed by atoms with Gasteiger partial charge in [-0.05, 0) is 30.7 Å². The van der Waals surface area contributed by atoms with E-state index < -0.39 is 10.3 Å². The lowest BCUT2D eigenvalue weighted by Crippen LogP contribution is -2.33. The third-order valence-electron chi connectivity index (χ3n) is 3.17. The topological polar surface area (TPSA) is 67.5 Å². The summed E-state index contributed by atoms with van der Waals surface area (Å²) in [4.78, 5) is 23.4. The second-order valence-electron chi connectivity index (χ2n) is 4.45. The van der Waals surface area contributed by atoms with Gasteiger partial charge < -0.3 is 9.52 Å². The quantitative estimate of drug-likeness (QED) is 0.598. The van der Waals surface area contributed by atoms with Crippen LogP contribution in [0.1, 0.15) is 34.3 Å². The van der Waals surface area contributed by atoms with E-state index in [-0.39, 0.29) is 11.5 Å². The van der Waals surface area contributed by atoms with E-state index in [0.717, 1.165) is 0 Å². The number of carbonyl (C=O) groups excluding carboxylic acids is 1. The summed E-state index contributed by atoms with van der Waals surface area (Å²) in [6, 6.07) is 6.34. The maximum atomic E-state index is 12.5. The van der Waals surface area contributed by atoms with Gasteiger partial charge in [0.15, 0.2) is 5.78 Å². The highest BCUT2D eigenvalue weighted by atomic mass is 79.9. The van der Waals surface area contributed by atoms with Crippen molar-refractivity contribution in [2.45, 2.75) is 17.7 Å². The first kappa shape index (κ1) is 15.3. The predicted molar refractivity (Wildman–Crippen MR) is 83.2 cm³/mol. The third kappa shape index (κ3) is 2.67. The van der Waals surface area contributed by atoms with Gasteiger partial charge in [-0.3, -0.25) is 4.79 Å². The summed E-state index contributed by atoms with van der Waals surface area (Å²) in [7, 11) is 0. The van der Waals surface area contributed by atoms with E-state index in [1.807, 2.05) is 6.92 Å². The number of ketones is 1. The molecule has 0 saturated heterocycles. The van der Waals surface area contributed by atoms with Crippen LogP contribution < -0.4 is 0 Å². The molecule has 1 N–H and O–H groups in total. The van der Waals surface area contributed by atoms with Crippen LogP contribution in [0, 0.1) is 0 Å². The maximum Gasteiger partial charge on any atom is 0.371 e. The van der Waals surface area contributed by atoms with Crippen molar-refractivity contribution < 1.29 is 19.1 Å². The van der Waals surface area contributed by atoms with E-state index in [1.54, 1.807) is 18.2 Å². The van der Waals surface area contributed by atoms with Crippen LogP contribution in [0.2, 0.25) is 0 Å². The molecular formula is C14H12Br2O4. The zero-order valence-corrected chi connectivity index (χ0v) is 13.8. The fourth-order valence-corrected chi connectivity index (χ4v) is 2.74. The lowest BCUT2D eigenvalue weighted by Gasteiger charge is -2.21. The number of rotatable bonds is 5. The Morgan fingerprint density at radius 1 is 1.35 bits per heavy atom. The van der Waals surface area contributed by atoms with Gasteiger partial charge in [-0.15, -0.1) is 0 Å². The fourth-order valence-electron chi connectivity index (χ4n) is 1.86. The molecule has 1 unspecified atom stereocenters. The monoisotopic (exact) mass is 402 g/mol. The molecule has 0 fully saturated rings. The molecule has 2 rings (SSSR count). The number of hydrogen-bond acceptors (Lipinski definition) is 3. The van der Waals surface area contributed by atoms with E-state index in [0.29, 0.717) is 28.3 Å². The van der Waals surface area contributed by atoms with Gasteiger partial charge in [0.1, 0.15) is 5.58 Å². The van der Waals surface area contributed by atoms with Crippen molar-refractivity contribution in [1.29, 1.82) is 0 Å². The number of carboxylic acids is 1. The molecule has 20 heavy (non-hydrogen) atoms. The Morgan fingerprint density at radius 3 is 2.60 bits per heavy atom. The minimum atomic E-state index is -1.13. The molecule has 1 aromatic carbocycles. The van der Waals surface area contributed by atoms with Crippen LogP contribution in [0.3, 0.4) is 0 Å². The summed E-state index contributed by atoms with van der Waals surface area (Å²) in [6.07, 6.45) is 0.640. The Hall–Kier alpha value is -1.14. The van der Waals surface area contributed by atoms with Crippen LogP contribution in [0.4, 0.5) is 0 Å². The van der Waals surface area contributed by atoms with E-state index in [2.05, 4.69) is 31.9 Å². The Balaban J connectivity index is 2.46. The first-order valence-electron chi connectivity index (χ1n) is 5.98. The number of benzene rings is 1. The summed E-state index contributed by atoms with van der Waals surface area (Å²) >= 11 is 6.80. The minimum Gasteiger partial charge on any atom is -0.475 e. The number of fused-ring (bicyclic) bond motifs is 1. The predicted octanol–water partition coefficient (Wildman–Crippen LogP) is 4.25. The summed E-state index contributed by atoms with van der Waals surface area (Å²) in [5, 5.41) is 10.00. The molecule has 0 saturated carbocycles. The van der Waals surface area contributed by atoms with Crippen molar-refractivity contribution in [3.63, 3.8) is 0 Å². The second-order valence-corrected chi connectivity index (χ2v) is 6.53. The zero-order valence-electron chi connectivity index (χ0n) is 10.7. The Bertz CT molecular complexity index is 671. The van der Waals surface area contributed by atoms with Crippen molar-refractivity contribution in [2.24, 2.45) is 0 Å². The van der Waals surface area contributed by atoms with Crippen LogP contribution in [0.15, 0.2) is 28.7 Å². The molecule has 0 radical (unpaired) electrons. The molecule has 106 valence electrons. The number of halogens is 2. The number of aromatic carboxylic acids is 1. The molecule has 4 nitrogen and oxygen atoms in total. The Labute approximate surface area is 132 Å². The van der Waals surface area contributed by atoms with Crippen molar-refractivity contribution in [3.05, 3.63) is 35.6 Å². The molecule has 1 aromatic heterocycles. The number of carbonyl (C=O) groups is 2. The van der Waals surface area contributed by atoms with Crippen molar-refractivity contribution in [2.75, 3.05) is 5.33 Å². The van der Waals surface area contributed by atoms with E-state index in [9.17, 15) is 9.59 Å². The smallest absolute Gasteiger partial charge is 0.371 e. The molecule has 6 heteroatoms. The Kier molecular flexibility index (Phi) is 4.34. The molecule has 1 heterocycles. The van der Waals surface area contributed by atoms with Crippen LogP contribution >= 0.6 is 31.9 Å². The SMILES string of the molecule is CCC(Br)(CBr)C(=O)c1ccc2oc(C(=O)O)cc2c1. The summed E-state index contributed by atoms with van der Waals surface area (Å²) in [5.41, 5.74) is 0.975. The molecule has 0 spiro atoms. The lowest BCUT2D eigenvalue weighted by atomic mass is 9.96. The van der Waals surface area contributed by atoms with Gasteiger partial charge in [0.05, 0.1) is 4.32 Å². The van der Waals surface area contributed by atoms with Gasteiger partial charge in [0, 0.05) is 16.3 Å². The molecule has 0 amide bonds. The highest BCUT2D eigenvalue weighted by molar-refractivity contribution is 9.12. The molecular weight excluding hydrogens is 392 g/mol. The van der Waals surface area contributed by atoms with Gasteiger partial charge in [-0.1, -0.05) is 38.8 Å². The van der Waals surface area contributed by atoms with Crippen LogP contribution in [-0.4, -0.2) is 26.5 Å². The van der Waals surface area contributed by atoms with Gasteiger partial charge in [-0.2, -0.15) is 0 Å². The number of alkyl halides is 2. The summed E-state index contributed by atoms with van der Waals surface area (Å²) < 4.78 is 4.52. The van der Waals surface area contributed by atoms with Crippen LogP contribution in [-0.2, 0) is 0 Å². The molecule has 0 aliphatic rings. The molecule has 0 aliphatic carbocycles. The number of carboxylic acid groups (broad SMARTS) is 1. The first-order chi connectivity index (χ1) is 9.41. The van der Waals surface area contributed by atoms with Crippen molar-refractivity contribution in [3.8, 4) is 0 Å². The average Bonchev–Trinajstić information content (AvgIpc) is 2.88. The van der Waals surface area contributed by atoms with E-state index in [1.165, 1.54) is 6.07 Å². The average molecular weight is 404 g/mol. The van der Waals surface area contributed by atoms with Gasteiger partial charge in [-0.25, -0.2) is 4.79 Å². The highest BCUT2D eigenvalue weighted by Gasteiger charge is 2.33. The van der Waals surface area contributed by atoms with Crippen molar-refractivity contribution in [1.82, 2.24) is 0 Å². The molecule has 0 bridgehead atoms. The number of furan rings is 1.